The molecule has 4 heteroatoms. The first-order chi connectivity index (χ1) is 12.8. The van der Waals surface area contributed by atoms with E-state index in [2.05, 4.69) is 30.9 Å². The number of para-hydroxylation sites is 3. The van der Waals surface area contributed by atoms with Gasteiger partial charge >= 0.3 is 0 Å². The van der Waals surface area contributed by atoms with E-state index in [0.717, 1.165) is 42.1 Å². The molecule has 26 heavy (non-hydrogen) atoms. The van der Waals surface area contributed by atoms with Gasteiger partial charge < -0.3 is 9.64 Å². The van der Waals surface area contributed by atoms with Gasteiger partial charge in [-0.2, -0.15) is 0 Å². The second-order valence-corrected chi connectivity index (χ2v) is 6.98. The molecule has 0 saturated carbocycles. The van der Waals surface area contributed by atoms with Crippen LogP contribution in [0.1, 0.15) is 44.6 Å². The van der Waals surface area contributed by atoms with Crippen LogP contribution in [0.4, 0.5) is 5.82 Å². The minimum absolute atomic E-state index is 0.440. The van der Waals surface area contributed by atoms with Crippen molar-refractivity contribution in [2.24, 2.45) is 0 Å². The Morgan fingerprint density at radius 3 is 2.35 bits per heavy atom. The number of nitrogens with zero attached hydrogens (tertiary/aromatic N) is 3. The standard InChI is InChI=1S/C22H25N3O/c1-3-16(2)17-10-4-7-13-20(17)26-22-21(25-14-8-9-15-25)23-18-11-5-6-12-19(18)24-22/h4-7,10-13,16H,3,8-9,14-15H2,1-2H3/t16-/m0/s1. The third kappa shape index (κ3) is 3.24. The molecule has 0 aliphatic carbocycles. The fourth-order valence-corrected chi connectivity index (χ4v) is 3.48. The fraction of sp³-hybridized carbons (Fsp3) is 0.364. The normalized spacial score (nSPS) is 15.4. The Hall–Kier alpha value is -2.62. The van der Waals surface area contributed by atoms with Crippen LogP contribution >= 0.6 is 0 Å². The lowest BCUT2D eigenvalue weighted by Gasteiger charge is -2.21. The van der Waals surface area contributed by atoms with Crippen molar-refractivity contribution >= 4 is 16.9 Å². The first kappa shape index (κ1) is 16.8. The van der Waals surface area contributed by atoms with Crippen LogP contribution < -0.4 is 9.64 Å². The van der Waals surface area contributed by atoms with Crippen molar-refractivity contribution in [3.05, 3.63) is 54.1 Å². The van der Waals surface area contributed by atoms with Gasteiger partial charge in [-0.25, -0.2) is 9.97 Å². The van der Waals surface area contributed by atoms with Crippen LogP contribution in [0.2, 0.25) is 0 Å². The van der Waals surface area contributed by atoms with E-state index in [9.17, 15) is 0 Å². The molecule has 0 spiro atoms. The number of ether oxygens (including phenoxy) is 1. The number of benzene rings is 2. The van der Waals surface area contributed by atoms with Crippen molar-refractivity contribution in [1.82, 2.24) is 9.97 Å². The molecule has 0 bridgehead atoms. The van der Waals surface area contributed by atoms with Crippen LogP contribution in [0.15, 0.2) is 48.5 Å². The lowest BCUT2D eigenvalue weighted by molar-refractivity contribution is 0.451. The van der Waals surface area contributed by atoms with E-state index in [4.69, 9.17) is 14.7 Å². The van der Waals surface area contributed by atoms with Gasteiger partial charge in [-0.15, -0.1) is 0 Å². The zero-order valence-electron chi connectivity index (χ0n) is 15.5. The highest BCUT2D eigenvalue weighted by molar-refractivity contribution is 5.77. The topological polar surface area (TPSA) is 38.3 Å². The second kappa shape index (κ2) is 7.32. The summed E-state index contributed by atoms with van der Waals surface area (Å²) in [4.78, 5) is 12.0. The monoisotopic (exact) mass is 347 g/mol. The van der Waals surface area contributed by atoms with Crippen LogP contribution in [0.3, 0.4) is 0 Å². The van der Waals surface area contributed by atoms with Gasteiger partial charge in [0.15, 0.2) is 5.82 Å². The van der Waals surface area contributed by atoms with Crippen molar-refractivity contribution < 1.29 is 4.74 Å². The molecule has 0 unspecified atom stereocenters. The van der Waals surface area contributed by atoms with Crippen LogP contribution in [-0.2, 0) is 0 Å². The average Bonchev–Trinajstić information content (AvgIpc) is 3.22. The van der Waals surface area contributed by atoms with Gasteiger partial charge in [0.25, 0.3) is 5.88 Å². The average molecular weight is 347 g/mol. The molecule has 0 radical (unpaired) electrons. The maximum atomic E-state index is 6.37. The molecule has 1 fully saturated rings. The minimum Gasteiger partial charge on any atom is -0.436 e. The van der Waals surface area contributed by atoms with Crippen molar-refractivity contribution in [2.45, 2.75) is 39.0 Å². The van der Waals surface area contributed by atoms with Crippen LogP contribution in [0.25, 0.3) is 11.0 Å². The Morgan fingerprint density at radius 2 is 1.62 bits per heavy atom. The van der Waals surface area contributed by atoms with Crippen molar-refractivity contribution in [3.8, 4) is 11.6 Å². The SMILES string of the molecule is CC[C@H](C)c1ccccc1Oc1nc2ccccc2nc1N1CCCC1. The van der Waals surface area contributed by atoms with E-state index in [1.165, 1.54) is 18.4 Å². The molecule has 1 saturated heterocycles. The summed E-state index contributed by atoms with van der Waals surface area (Å²) in [5.41, 5.74) is 3.00. The summed E-state index contributed by atoms with van der Waals surface area (Å²) in [7, 11) is 0. The molecule has 4 rings (SSSR count). The smallest absolute Gasteiger partial charge is 0.263 e. The highest BCUT2D eigenvalue weighted by atomic mass is 16.5. The number of aromatic nitrogens is 2. The molecule has 1 atom stereocenters. The Bertz CT molecular complexity index is 903. The summed E-state index contributed by atoms with van der Waals surface area (Å²) in [5.74, 6) is 2.79. The Kier molecular flexibility index (Phi) is 4.74. The predicted molar refractivity (Wildman–Crippen MR) is 106 cm³/mol. The van der Waals surface area contributed by atoms with Crippen LogP contribution in [-0.4, -0.2) is 23.1 Å². The summed E-state index contributed by atoms with van der Waals surface area (Å²) >= 11 is 0. The second-order valence-electron chi connectivity index (χ2n) is 6.98. The van der Waals surface area contributed by atoms with E-state index in [1.807, 2.05) is 36.4 Å². The quantitative estimate of drug-likeness (QED) is 0.608. The fourth-order valence-electron chi connectivity index (χ4n) is 3.48. The van der Waals surface area contributed by atoms with Gasteiger partial charge in [-0.3, -0.25) is 0 Å². The third-order valence-corrected chi connectivity index (χ3v) is 5.20. The van der Waals surface area contributed by atoms with Gasteiger partial charge in [0.1, 0.15) is 5.75 Å². The lowest BCUT2D eigenvalue weighted by atomic mass is 9.98. The van der Waals surface area contributed by atoms with E-state index in [1.54, 1.807) is 0 Å². The summed E-state index contributed by atoms with van der Waals surface area (Å²) in [5, 5.41) is 0. The molecule has 1 aromatic heterocycles. The molecule has 4 nitrogen and oxygen atoms in total. The van der Waals surface area contributed by atoms with E-state index in [-0.39, 0.29) is 0 Å². The van der Waals surface area contributed by atoms with E-state index >= 15 is 0 Å². The summed E-state index contributed by atoms with van der Waals surface area (Å²) in [6, 6.07) is 16.3. The number of rotatable bonds is 5. The molecular weight excluding hydrogens is 322 g/mol. The maximum absolute atomic E-state index is 6.37. The highest BCUT2D eigenvalue weighted by Crippen LogP contribution is 2.36. The van der Waals surface area contributed by atoms with Crippen LogP contribution in [0, 0.1) is 0 Å². The molecule has 0 N–H and O–H groups in total. The summed E-state index contributed by atoms with van der Waals surface area (Å²) in [6.45, 7) is 6.45. The molecule has 1 aliphatic rings. The van der Waals surface area contributed by atoms with Gasteiger partial charge in [-0.1, -0.05) is 44.2 Å². The number of hydrogen-bond acceptors (Lipinski definition) is 4. The Labute approximate surface area is 154 Å². The molecule has 3 aromatic rings. The Morgan fingerprint density at radius 1 is 0.962 bits per heavy atom. The largest absolute Gasteiger partial charge is 0.436 e. The maximum Gasteiger partial charge on any atom is 0.263 e. The van der Waals surface area contributed by atoms with Crippen molar-refractivity contribution in [3.63, 3.8) is 0 Å². The first-order valence-electron chi connectivity index (χ1n) is 9.54. The highest BCUT2D eigenvalue weighted by Gasteiger charge is 2.22. The molecule has 2 aromatic carbocycles. The zero-order chi connectivity index (χ0) is 17.9. The van der Waals surface area contributed by atoms with E-state index < -0.39 is 0 Å². The zero-order valence-corrected chi connectivity index (χ0v) is 15.5. The van der Waals surface area contributed by atoms with Crippen molar-refractivity contribution in [1.29, 1.82) is 0 Å². The van der Waals surface area contributed by atoms with Gasteiger partial charge in [0.2, 0.25) is 0 Å². The van der Waals surface area contributed by atoms with Crippen molar-refractivity contribution in [2.75, 3.05) is 18.0 Å². The number of anilines is 1. The summed E-state index contributed by atoms with van der Waals surface area (Å²) in [6.07, 6.45) is 3.46. The summed E-state index contributed by atoms with van der Waals surface area (Å²) < 4.78 is 6.37. The number of hydrogen-bond donors (Lipinski definition) is 0. The molecule has 2 heterocycles. The third-order valence-electron chi connectivity index (χ3n) is 5.20. The minimum atomic E-state index is 0.440. The predicted octanol–water partition coefficient (Wildman–Crippen LogP) is 5.54. The first-order valence-corrected chi connectivity index (χ1v) is 9.54. The Balaban J connectivity index is 1.79. The van der Waals surface area contributed by atoms with Gasteiger partial charge in [-0.05, 0) is 48.9 Å². The molecule has 0 amide bonds. The van der Waals surface area contributed by atoms with E-state index in [0.29, 0.717) is 11.8 Å². The lowest BCUT2D eigenvalue weighted by Crippen LogP contribution is -2.20. The molecular formula is C22H25N3O. The number of fused-ring (bicyclic) bond motifs is 1. The van der Waals surface area contributed by atoms with Gasteiger partial charge in [0.05, 0.1) is 11.0 Å². The molecule has 1 aliphatic heterocycles. The molecule has 134 valence electrons. The van der Waals surface area contributed by atoms with Gasteiger partial charge in [0, 0.05) is 13.1 Å². The van der Waals surface area contributed by atoms with Crippen LogP contribution in [0.5, 0.6) is 11.6 Å².